The third kappa shape index (κ3) is 12.2. The molecule has 3 aliphatic carbocycles. The third-order valence-electron chi connectivity index (χ3n) is 13.2. The van der Waals surface area contributed by atoms with E-state index in [0.717, 1.165) is 44.9 Å². The molecule has 0 amide bonds. The van der Waals surface area contributed by atoms with E-state index in [1.807, 2.05) is 20.8 Å². The van der Waals surface area contributed by atoms with Gasteiger partial charge in [-0.05, 0) is 122 Å². The van der Waals surface area contributed by atoms with Crippen molar-refractivity contribution in [2.75, 3.05) is 6.61 Å². The molecule has 3 rings (SSSR count). The lowest BCUT2D eigenvalue weighted by Crippen LogP contribution is -2.49. The highest BCUT2D eigenvalue weighted by atomic mass is 35.5. The molecule has 3 aliphatic rings. The summed E-state index contributed by atoms with van der Waals surface area (Å²) in [6.45, 7) is 29.6. The van der Waals surface area contributed by atoms with Gasteiger partial charge >= 0.3 is 11.9 Å². The predicted octanol–water partition coefficient (Wildman–Crippen LogP) is 12.4. The average molecular weight is 720 g/mol. The molecule has 0 spiro atoms. The lowest BCUT2D eigenvalue weighted by molar-refractivity contribution is -0.159. The number of carbonyl (C=O) groups excluding carboxylic acids is 3. The number of hydrogen-bond donors (Lipinski definition) is 0. The second-order valence-electron chi connectivity index (χ2n) is 19.0. The molecule has 0 aliphatic heterocycles. The number of halogens is 1. The van der Waals surface area contributed by atoms with E-state index in [4.69, 9.17) is 21.1 Å². The standard InChI is InChI=1S/C41H69ClO5.C3H6/c1-11-15-29(3)31(36(42)45)16-13-20-39(8)21-14-17-32-40(9,28-39)22-18-30-25-38(6,7)33(19-23-41(30,32)10)47-35(44)27-37(4,5)26-34(43)46-24-12-2;1-3-2/h12,29-33H,2,11,13-28H2,1,3-10H3;3H,1H2,2H3/t29?,30?,31?,32?,33?,39-,40?,41?;/m1./s1. The Morgan fingerprint density at radius 2 is 1.60 bits per heavy atom. The van der Waals surface area contributed by atoms with Crippen molar-refractivity contribution < 1.29 is 23.9 Å². The fourth-order valence-electron chi connectivity index (χ4n) is 10.8. The Labute approximate surface area is 312 Å². The number of hydrogen-bond acceptors (Lipinski definition) is 5. The second kappa shape index (κ2) is 18.9. The molecule has 7 unspecified atom stereocenters. The Morgan fingerprint density at radius 1 is 0.960 bits per heavy atom. The van der Waals surface area contributed by atoms with E-state index in [9.17, 15) is 14.4 Å². The summed E-state index contributed by atoms with van der Waals surface area (Å²) in [5.74, 6) is 1.08. The molecule has 0 aromatic rings. The summed E-state index contributed by atoms with van der Waals surface area (Å²) < 4.78 is 11.5. The van der Waals surface area contributed by atoms with Gasteiger partial charge in [0.2, 0.25) is 5.24 Å². The van der Waals surface area contributed by atoms with Crippen LogP contribution in [0.1, 0.15) is 172 Å². The van der Waals surface area contributed by atoms with E-state index in [-0.39, 0.29) is 64.9 Å². The van der Waals surface area contributed by atoms with Gasteiger partial charge in [-0.3, -0.25) is 14.4 Å². The first-order chi connectivity index (χ1) is 23.2. The van der Waals surface area contributed by atoms with E-state index in [2.05, 4.69) is 61.6 Å². The summed E-state index contributed by atoms with van der Waals surface area (Å²) in [4.78, 5) is 37.9. The zero-order valence-electron chi connectivity index (χ0n) is 33.9. The van der Waals surface area contributed by atoms with Crippen LogP contribution < -0.4 is 0 Å². The Balaban J connectivity index is 0.00000278. The van der Waals surface area contributed by atoms with Crippen LogP contribution in [0.2, 0.25) is 0 Å². The van der Waals surface area contributed by atoms with Crippen molar-refractivity contribution in [3.63, 3.8) is 0 Å². The minimum Gasteiger partial charge on any atom is -0.462 e. The van der Waals surface area contributed by atoms with Gasteiger partial charge in [0.1, 0.15) is 12.7 Å². The topological polar surface area (TPSA) is 69.7 Å². The van der Waals surface area contributed by atoms with E-state index in [1.54, 1.807) is 12.2 Å². The van der Waals surface area contributed by atoms with Gasteiger partial charge in [-0.2, -0.15) is 0 Å². The van der Waals surface area contributed by atoms with E-state index in [1.165, 1.54) is 44.9 Å². The molecule has 6 heteroatoms. The zero-order chi connectivity index (χ0) is 38.0. The Hall–Kier alpha value is -1.62. The molecule has 3 fully saturated rings. The number of fused-ring (bicyclic) bond motifs is 3. The van der Waals surface area contributed by atoms with E-state index >= 15 is 0 Å². The van der Waals surface area contributed by atoms with E-state index < -0.39 is 5.41 Å². The summed E-state index contributed by atoms with van der Waals surface area (Å²) in [5, 5.41) is -0.150. The van der Waals surface area contributed by atoms with Crippen LogP contribution in [0.5, 0.6) is 0 Å². The Bertz CT molecular complexity index is 1140. The highest BCUT2D eigenvalue weighted by Gasteiger charge is 2.58. The predicted molar refractivity (Wildman–Crippen MR) is 209 cm³/mol. The van der Waals surface area contributed by atoms with Crippen molar-refractivity contribution in [2.24, 2.45) is 50.7 Å². The number of allylic oxidation sites excluding steroid dienone is 1. The lowest BCUT2D eigenvalue weighted by Gasteiger charge is -2.57. The first kappa shape index (κ1) is 44.5. The van der Waals surface area contributed by atoms with Gasteiger partial charge in [-0.25, -0.2) is 0 Å². The molecule has 0 bridgehead atoms. The maximum Gasteiger partial charge on any atom is 0.306 e. The summed E-state index contributed by atoms with van der Waals surface area (Å²) in [6, 6.07) is 0. The number of esters is 2. The van der Waals surface area contributed by atoms with Crippen molar-refractivity contribution in [3.8, 4) is 0 Å². The number of ether oxygens (including phenoxy) is 2. The molecular weight excluding hydrogens is 644 g/mol. The molecule has 0 radical (unpaired) electrons. The summed E-state index contributed by atoms with van der Waals surface area (Å²) >= 11 is 6.10. The fourth-order valence-corrected chi connectivity index (χ4v) is 11.1. The van der Waals surface area contributed by atoms with Crippen LogP contribution in [0.4, 0.5) is 0 Å². The van der Waals surface area contributed by atoms with Crippen molar-refractivity contribution in [3.05, 3.63) is 25.3 Å². The monoisotopic (exact) mass is 719 g/mol. The first-order valence-corrected chi connectivity index (χ1v) is 20.3. The van der Waals surface area contributed by atoms with Crippen LogP contribution >= 0.6 is 11.6 Å². The molecule has 0 aromatic heterocycles. The van der Waals surface area contributed by atoms with Crippen molar-refractivity contribution in [1.29, 1.82) is 0 Å². The highest BCUT2D eigenvalue weighted by molar-refractivity contribution is 6.64. The van der Waals surface area contributed by atoms with E-state index in [0.29, 0.717) is 23.2 Å². The smallest absolute Gasteiger partial charge is 0.306 e. The number of carbonyl (C=O) groups is 3. The summed E-state index contributed by atoms with van der Waals surface area (Å²) in [5.41, 5.74) is 0.152. The third-order valence-corrected chi connectivity index (χ3v) is 13.5. The van der Waals surface area contributed by atoms with Crippen LogP contribution in [0.25, 0.3) is 0 Å². The SMILES string of the molecule is C=CC.C=CCOC(=O)CC(C)(C)CC(=O)OC1CCC2(C)C(CCC3(C)C[C@](C)(CCCC(C(=O)Cl)C(C)CCC)CCCC32)CC1(C)C. The van der Waals surface area contributed by atoms with Gasteiger partial charge in [0, 0.05) is 11.3 Å². The van der Waals surface area contributed by atoms with Gasteiger partial charge < -0.3 is 9.47 Å². The zero-order valence-corrected chi connectivity index (χ0v) is 34.7. The molecule has 0 saturated heterocycles. The van der Waals surface area contributed by atoms with Crippen molar-refractivity contribution in [2.45, 2.75) is 178 Å². The quantitative estimate of drug-likeness (QED) is 0.0957. The minimum atomic E-state index is -0.535. The van der Waals surface area contributed by atoms with Gasteiger partial charge in [0.25, 0.3) is 0 Å². The number of rotatable bonds is 15. The summed E-state index contributed by atoms with van der Waals surface area (Å²) in [6.07, 6.45) is 19.4. The second-order valence-corrected chi connectivity index (χ2v) is 19.4. The molecule has 0 heterocycles. The van der Waals surface area contributed by atoms with Crippen LogP contribution in [-0.4, -0.2) is 29.9 Å². The molecular formula is C44H75ClO5. The van der Waals surface area contributed by atoms with Gasteiger partial charge in [-0.15, -0.1) is 6.58 Å². The normalized spacial score (nSPS) is 31.9. The maximum absolute atomic E-state index is 13.3. The van der Waals surface area contributed by atoms with Crippen molar-refractivity contribution >= 4 is 28.8 Å². The molecule has 5 nitrogen and oxygen atoms in total. The molecule has 50 heavy (non-hydrogen) atoms. The van der Waals surface area contributed by atoms with Crippen LogP contribution in [0.3, 0.4) is 0 Å². The van der Waals surface area contributed by atoms with Gasteiger partial charge in [0.05, 0.1) is 12.8 Å². The molecule has 0 aromatic carbocycles. The van der Waals surface area contributed by atoms with Gasteiger partial charge in [0.15, 0.2) is 0 Å². The molecule has 288 valence electrons. The molecule has 3 saturated carbocycles. The largest absolute Gasteiger partial charge is 0.462 e. The first-order valence-electron chi connectivity index (χ1n) is 19.9. The lowest BCUT2D eigenvalue weighted by atomic mass is 9.47. The molecule has 8 atom stereocenters. The maximum atomic E-state index is 13.3. The molecule has 0 N–H and O–H groups in total. The Morgan fingerprint density at radius 3 is 2.20 bits per heavy atom. The minimum absolute atomic E-state index is 0.0232. The highest BCUT2D eigenvalue weighted by Crippen LogP contribution is 2.66. The average Bonchev–Trinajstić information content (AvgIpc) is 3.19. The summed E-state index contributed by atoms with van der Waals surface area (Å²) in [7, 11) is 0. The Kier molecular flexibility index (Phi) is 16.9. The van der Waals surface area contributed by atoms with Crippen LogP contribution in [-0.2, 0) is 23.9 Å². The van der Waals surface area contributed by atoms with Gasteiger partial charge in [-0.1, -0.05) is 107 Å². The van der Waals surface area contributed by atoms with Crippen LogP contribution in [0, 0.1) is 50.7 Å². The van der Waals surface area contributed by atoms with Crippen LogP contribution in [0.15, 0.2) is 25.3 Å². The fraction of sp³-hybridized carbons (Fsp3) is 0.841. The van der Waals surface area contributed by atoms with Crippen molar-refractivity contribution in [1.82, 2.24) is 0 Å².